The molecule has 0 saturated carbocycles. The Morgan fingerprint density at radius 2 is 1.68 bits per heavy atom. The van der Waals surface area contributed by atoms with Crippen molar-refractivity contribution in [3.63, 3.8) is 0 Å². The Hall–Kier alpha value is -4.36. The van der Waals surface area contributed by atoms with Crippen molar-refractivity contribution in [2.75, 3.05) is 14.2 Å². The summed E-state index contributed by atoms with van der Waals surface area (Å²) in [5.74, 6) is -0.278. The molecule has 0 bridgehead atoms. The van der Waals surface area contributed by atoms with E-state index in [0.29, 0.717) is 56.2 Å². The van der Waals surface area contributed by atoms with Gasteiger partial charge in [-0.1, -0.05) is 66.7 Å². The van der Waals surface area contributed by atoms with Crippen molar-refractivity contribution >= 4 is 44.2 Å². The Morgan fingerprint density at radius 3 is 2.45 bits per heavy atom. The second-order valence-electron chi connectivity index (χ2n) is 9.71. The van der Waals surface area contributed by atoms with E-state index < -0.39 is 11.9 Å². The average Bonchev–Trinajstić information content (AvgIpc) is 3.26. The molecule has 2 aliphatic rings. The van der Waals surface area contributed by atoms with E-state index in [0.717, 1.165) is 21.9 Å². The molecule has 0 unspecified atom stereocenters. The van der Waals surface area contributed by atoms with Gasteiger partial charge in [0.1, 0.15) is 6.61 Å². The molecule has 0 aromatic heterocycles. The van der Waals surface area contributed by atoms with Gasteiger partial charge in [-0.2, -0.15) is 0 Å². The maximum Gasteiger partial charge on any atom is 0.336 e. The van der Waals surface area contributed by atoms with Crippen LogP contribution in [0.1, 0.15) is 39.9 Å². The molecule has 1 heterocycles. The zero-order chi connectivity index (χ0) is 28.0. The first-order valence-corrected chi connectivity index (χ1v) is 13.6. The minimum Gasteiger partial charge on any atom is -0.493 e. The van der Waals surface area contributed by atoms with Gasteiger partial charge in [0.05, 0.1) is 30.0 Å². The van der Waals surface area contributed by atoms with Gasteiger partial charge in [-0.3, -0.25) is 4.79 Å². The first kappa shape index (κ1) is 25.9. The van der Waals surface area contributed by atoms with Gasteiger partial charge in [-0.25, -0.2) is 4.79 Å². The van der Waals surface area contributed by atoms with Crippen molar-refractivity contribution < 1.29 is 23.8 Å². The highest BCUT2D eigenvalue weighted by atomic mass is 79.9. The second-order valence-corrected chi connectivity index (χ2v) is 10.6. The van der Waals surface area contributed by atoms with Crippen molar-refractivity contribution in [2.24, 2.45) is 0 Å². The molecule has 1 aliphatic heterocycles. The fourth-order valence-corrected chi connectivity index (χ4v) is 6.23. The number of Topliss-reactive ketones (excluding diaryl/α,β-unsaturated/α-hetero) is 1. The molecule has 7 heteroatoms. The topological polar surface area (TPSA) is 73.9 Å². The third-order valence-corrected chi connectivity index (χ3v) is 8.08. The largest absolute Gasteiger partial charge is 0.493 e. The van der Waals surface area contributed by atoms with Crippen molar-refractivity contribution in [2.45, 2.75) is 19.4 Å². The van der Waals surface area contributed by atoms with Crippen LogP contribution in [0.25, 0.3) is 16.5 Å². The zero-order valence-corrected chi connectivity index (χ0v) is 23.8. The van der Waals surface area contributed by atoms with Gasteiger partial charge >= 0.3 is 5.97 Å². The second kappa shape index (κ2) is 10.3. The van der Waals surface area contributed by atoms with Crippen molar-refractivity contribution in [3.05, 3.63) is 122 Å². The fraction of sp³-hybridized carbons (Fsp3) is 0.152. The van der Waals surface area contributed by atoms with Crippen LogP contribution in [0, 0.1) is 0 Å². The number of carbonyl (C=O) groups is 2. The van der Waals surface area contributed by atoms with Gasteiger partial charge in [0.25, 0.3) is 0 Å². The SMILES string of the molecule is COC(=O)C1=C(C)NC2=C(C(=O)c3ccccc32)[C@@H]1c1cc(Br)c(OCc2cccc3ccccc23)c(OC)c1. The van der Waals surface area contributed by atoms with E-state index in [9.17, 15) is 9.59 Å². The summed E-state index contributed by atoms with van der Waals surface area (Å²) in [6.45, 7) is 2.15. The number of rotatable bonds is 6. The monoisotopic (exact) mass is 595 g/mol. The lowest BCUT2D eigenvalue weighted by molar-refractivity contribution is -0.136. The predicted octanol–water partition coefficient (Wildman–Crippen LogP) is 6.93. The third-order valence-electron chi connectivity index (χ3n) is 7.49. The number of carbonyl (C=O) groups excluding carboxylic acids is 2. The molecule has 0 spiro atoms. The average molecular weight is 596 g/mol. The Labute approximate surface area is 240 Å². The van der Waals surface area contributed by atoms with Gasteiger partial charge < -0.3 is 19.5 Å². The molecule has 40 heavy (non-hydrogen) atoms. The van der Waals surface area contributed by atoms with E-state index >= 15 is 0 Å². The van der Waals surface area contributed by atoms with Gasteiger partial charge in [-0.05, 0) is 56.9 Å². The molecule has 0 radical (unpaired) electrons. The van der Waals surface area contributed by atoms with E-state index in [-0.39, 0.29) is 5.78 Å². The van der Waals surface area contributed by atoms with E-state index in [4.69, 9.17) is 14.2 Å². The molecule has 6 rings (SSSR count). The molecule has 1 N–H and O–H groups in total. The van der Waals surface area contributed by atoms with Crippen LogP contribution in [0.4, 0.5) is 0 Å². The Balaban J connectivity index is 1.43. The summed E-state index contributed by atoms with van der Waals surface area (Å²) >= 11 is 3.68. The van der Waals surface area contributed by atoms with E-state index in [2.05, 4.69) is 39.4 Å². The number of esters is 1. The van der Waals surface area contributed by atoms with Crippen LogP contribution >= 0.6 is 15.9 Å². The molecular formula is C33H26BrNO5. The van der Waals surface area contributed by atoms with E-state index in [1.807, 2.05) is 67.6 Å². The number of dihydropyridines is 1. The zero-order valence-electron chi connectivity index (χ0n) is 22.2. The number of ether oxygens (including phenoxy) is 3. The molecule has 1 atom stereocenters. The van der Waals surface area contributed by atoms with Crippen LogP contribution in [0.2, 0.25) is 0 Å². The lowest BCUT2D eigenvalue weighted by Gasteiger charge is -2.29. The predicted molar refractivity (Wildman–Crippen MR) is 157 cm³/mol. The number of fused-ring (bicyclic) bond motifs is 3. The maximum atomic E-state index is 13.7. The van der Waals surface area contributed by atoms with Crippen LogP contribution in [-0.2, 0) is 16.1 Å². The molecule has 4 aromatic carbocycles. The van der Waals surface area contributed by atoms with Crippen LogP contribution in [-0.4, -0.2) is 26.0 Å². The minimum atomic E-state index is -0.666. The van der Waals surface area contributed by atoms with Crippen LogP contribution in [0.3, 0.4) is 0 Å². The fourth-order valence-electron chi connectivity index (χ4n) is 5.66. The number of halogens is 1. The van der Waals surface area contributed by atoms with Crippen molar-refractivity contribution in [1.29, 1.82) is 0 Å². The van der Waals surface area contributed by atoms with Gasteiger partial charge in [0, 0.05) is 28.3 Å². The summed E-state index contributed by atoms with van der Waals surface area (Å²) in [4.78, 5) is 26.8. The maximum absolute atomic E-state index is 13.7. The highest BCUT2D eigenvalue weighted by Gasteiger charge is 2.43. The van der Waals surface area contributed by atoms with Gasteiger partial charge in [-0.15, -0.1) is 0 Å². The van der Waals surface area contributed by atoms with Gasteiger partial charge in [0.2, 0.25) is 0 Å². The summed E-state index contributed by atoms with van der Waals surface area (Å²) in [6.07, 6.45) is 0. The lowest BCUT2D eigenvalue weighted by atomic mass is 9.79. The molecular weight excluding hydrogens is 570 g/mol. The highest BCUT2D eigenvalue weighted by molar-refractivity contribution is 9.10. The first-order valence-electron chi connectivity index (χ1n) is 12.8. The molecule has 4 aromatic rings. The van der Waals surface area contributed by atoms with Crippen molar-refractivity contribution in [1.82, 2.24) is 5.32 Å². The van der Waals surface area contributed by atoms with Crippen LogP contribution < -0.4 is 14.8 Å². The first-order chi connectivity index (χ1) is 19.4. The van der Waals surface area contributed by atoms with Crippen LogP contribution in [0.5, 0.6) is 11.5 Å². The Bertz CT molecular complexity index is 1760. The molecule has 200 valence electrons. The van der Waals surface area contributed by atoms with E-state index in [1.165, 1.54) is 7.11 Å². The van der Waals surface area contributed by atoms with Gasteiger partial charge in [0.15, 0.2) is 17.3 Å². The normalized spacial score (nSPS) is 16.0. The van der Waals surface area contributed by atoms with E-state index in [1.54, 1.807) is 7.11 Å². The van der Waals surface area contributed by atoms with Crippen LogP contribution in [0.15, 0.2) is 100 Å². The summed E-state index contributed by atoms with van der Waals surface area (Å²) in [7, 11) is 2.91. The molecule has 1 aliphatic carbocycles. The standard InChI is InChI=1S/C33H26BrNO5/c1-18-27(33(37)39-3)28(29-30(35-18)23-13-6-7-14-24(23)31(29)36)21-15-25(34)32(26(16-21)38-2)40-17-20-11-8-10-19-9-4-5-12-22(19)20/h4-16,28,35H,17H2,1-3H3/t28-/m1/s1. The minimum absolute atomic E-state index is 0.122. The third kappa shape index (κ3) is 4.18. The smallest absolute Gasteiger partial charge is 0.336 e. The number of hydrogen-bond donors (Lipinski definition) is 1. The number of hydrogen-bond acceptors (Lipinski definition) is 6. The summed E-state index contributed by atoms with van der Waals surface area (Å²) in [5, 5.41) is 5.57. The Kier molecular flexibility index (Phi) is 6.68. The summed E-state index contributed by atoms with van der Waals surface area (Å²) in [6, 6.07) is 25.5. The number of allylic oxidation sites excluding steroid dienone is 2. The number of benzene rings is 4. The molecule has 0 fully saturated rings. The Morgan fingerprint density at radius 1 is 0.950 bits per heavy atom. The quantitative estimate of drug-likeness (QED) is 0.244. The lowest BCUT2D eigenvalue weighted by Crippen LogP contribution is -2.29. The summed E-state index contributed by atoms with van der Waals surface area (Å²) in [5.41, 5.74) is 5.39. The number of methoxy groups -OCH3 is 2. The molecule has 0 saturated heterocycles. The highest BCUT2D eigenvalue weighted by Crippen LogP contribution is 2.49. The summed E-state index contributed by atoms with van der Waals surface area (Å²) < 4.78 is 17.9. The van der Waals surface area contributed by atoms with Crippen molar-refractivity contribution in [3.8, 4) is 11.5 Å². The molecule has 0 amide bonds. The molecule has 6 nitrogen and oxygen atoms in total. The number of ketones is 1. The number of nitrogens with one attached hydrogen (secondary N) is 1.